The SMILES string of the molecule is CCOC(CC)(CC)C(NC)c1ccc(F)c(F)c1. The van der Waals surface area contributed by atoms with Crippen LogP contribution in [-0.4, -0.2) is 19.3 Å². The van der Waals surface area contributed by atoms with Gasteiger partial charge in [-0.15, -0.1) is 0 Å². The predicted octanol–water partition coefficient (Wildman–Crippen LogP) is 3.82. The van der Waals surface area contributed by atoms with Crippen molar-refractivity contribution < 1.29 is 13.5 Å². The molecule has 1 rings (SSSR count). The van der Waals surface area contributed by atoms with Crippen LogP contribution in [0.25, 0.3) is 0 Å². The zero-order chi connectivity index (χ0) is 14.5. The molecule has 0 aliphatic carbocycles. The van der Waals surface area contributed by atoms with Crippen molar-refractivity contribution in [2.24, 2.45) is 0 Å². The molecule has 0 saturated heterocycles. The molecular formula is C15H23F2NO. The molecule has 1 aromatic rings. The van der Waals surface area contributed by atoms with Gasteiger partial charge in [0.15, 0.2) is 11.6 Å². The zero-order valence-electron chi connectivity index (χ0n) is 12.1. The van der Waals surface area contributed by atoms with Gasteiger partial charge in [0, 0.05) is 6.61 Å². The highest BCUT2D eigenvalue weighted by molar-refractivity contribution is 5.24. The highest BCUT2D eigenvalue weighted by Gasteiger charge is 2.36. The Bertz CT molecular complexity index is 405. The smallest absolute Gasteiger partial charge is 0.159 e. The summed E-state index contributed by atoms with van der Waals surface area (Å²) in [7, 11) is 1.81. The van der Waals surface area contributed by atoms with Crippen LogP contribution < -0.4 is 5.32 Å². The van der Waals surface area contributed by atoms with E-state index in [4.69, 9.17) is 4.74 Å². The van der Waals surface area contributed by atoms with Crippen LogP contribution in [0.2, 0.25) is 0 Å². The van der Waals surface area contributed by atoms with Gasteiger partial charge in [-0.3, -0.25) is 0 Å². The average Bonchev–Trinajstić information content (AvgIpc) is 2.42. The Morgan fingerprint density at radius 1 is 1.16 bits per heavy atom. The van der Waals surface area contributed by atoms with E-state index >= 15 is 0 Å². The summed E-state index contributed by atoms with van der Waals surface area (Å²) in [6.45, 7) is 6.62. The highest BCUT2D eigenvalue weighted by atomic mass is 19.2. The van der Waals surface area contributed by atoms with Gasteiger partial charge in [-0.25, -0.2) is 8.78 Å². The van der Waals surface area contributed by atoms with Gasteiger partial charge in [0.2, 0.25) is 0 Å². The molecule has 0 saturated carbocycles. The molecule has 0 fully saturated rings. The van der Waals surface area contributed by atoms with Crippen LogP contribution >= 0.6 is 0 Å². The topological polar surface area (TPSA) is 21.3 Å². The summed E-state index contributed by atoms with van der Waals surface area (Å²) >= 11 is 0. The zero-order valence-corrected chi connectivity index (χ0v) is 12.1. The molecule has 19 heavy (non-hydrogen) atoms. The van der Waals surface area contributed by atoms with Crippen LogP contribution in [0, 0.1) is 11.6 Å². The Hall–Kier alpha value is -1.00. The molecule has 0 spiro atoms. The molecule has 2 nitrogen and oxygen atoms in total. The monoisotopic (exact) mass is 271 g/mol. The molecule has 0 aromatic heterocycles. The van der Waals surface area contributed by atoms with Crippen LogP contribution in [0.3, 0.4) is 0 Å². The lowest BCUT2D eigenvalue weighted by atomic mass is 9.83. The van der Waals surface area contributed by atoms with E-state index < -0.39 is 17.2 Å². The van der Waals surface area contributed by atoms with Gasteiger partial charge in [0.1, 0.15) is 0 Å². The Labute approximate surface area is 114 Å². The number of ether oxygens (including phenoxy) is 1. The molecule has 1 N–H and O–H groups in total. The van der Waals surface area contributed by atoms with Crippen molar-refractivity contribution in [3.8, 4) is 0 Å². The third-order valence-corrected chi connectivity index (χ3v) is 3.72. The minimum absolute atomic E-state index is 0.169. The second-order valence-corrected chi connectivity index (χ2v) is 4.60. The molecule has 4 heteroatoms. The highest BCUT2D eigenvalue weighted by Crippen LogP contribution is 2.35. The van der Waals surface area contributed by atoms with Gasteiger partial charge < -0.3 is 10.1 Å². The minimum atomic E-state index is -0.825. The summed E-state index contributed by atoms with van der Waals surface area (Å²) in [6, 6.07) is 3.85. The molecule has 1 atom stereocenters. The summed E-state index contributed by atoms with van der Waals surface area (Å²) in [4.78, 5) is 0. The lowest BCUT2D eigenvalue weighted by Crippen LogP contribution is -2.44. The maximum Gasteiger partial charge on any atom is 0.159 e. The van der Waals surface area contributed by atoms with E-state index in [1.807, 2.05) is 27.8 Å². The Balaban J connectivity index is 3.18. The number of hydrogen-bond donors (Lipinski definition) is 1. The number of benzene rings is 1. The second kappa shape index (κ2) is 6.96. The van der Waals surface area contributed by atoms with E-state index in [0.717, 1.165) is 18.9 Å². The largest absolute Gasteiger partial charge is 0.373 e. The van der Waals surface area contributed by atoms with Crippen LogP contribution in [0.15, 0.2) is 18.2 Å². The summed E-state index contributed by atoms with van der Waals surface area (Å²) < 4.78 is 32.4. The third kappa shape index (κ3) is 3.31. The Morgan fingerprint density at radius 3 is 2.21 bits per heavy atom. The first-order valence-corrected chi connectivity index (χ1v) is 6.80. The fourth-order valence-corrected chi connectivity index (χ4v) is 2.66. The molecule has 0 heterocycles. The van der Waals surface area contributed by atoms with Gasteiger partial charge in [-0.2, -0.15) is 0 Å². The summed E-state index contributed by atoms with van der Waals surface area (Å²) in [6.07, 6.45) is 1.59. The standard InChI is InChI=1S/C15H23F2NO/c1-5-15(6-2,19-7-3)14(18-4)11-8-9-12(16)13(17)10-11/h8-10,14,18H,5-7H2,1-4H3. The van der Waals surface area contributed by atoms with Gasteiger partial charge in [-0.05, 0) is 44.5 Å². The maximum atomic E-state index is 13.4. The minimum Gasteiger partial charge on any atom is -0.373 e. The molecule has 0 bridgehead atoms. The molecule has 0 amide bonds. The summed E-state index contributed by atoms with van der Waals surface area (Å²) in [5.74, 6) is -1.65. The van der Waals surface area contributed by atoms with E-state index in [2.05, 4.69) is 5.32 Å². The van der Waals surface area contributed by atoms with Crippen molar-refractivity contribution in [1.82, 2.24) is 5.32 Å². The summed E-state index contributed by atoms with van der Waals surface area (Å²) in [5, 5.41) is 3.18. The number of halogens is 2. The van der Waals surface area contributed by atoms with Crippen LogP contribution in [-0.2, 0) is 4.74 Å². The van der Waals surface area contributed by atoms with E-state index in [1.54, 1.807) is 6.07 Å². The number of nitrogens with one attached hydrogen (secondary N) is 1. The van der Waals surface area contributed by atoms with Crippen molar-refractivity contribution in [3.05, 3.63) is 35.4 Å². The third-order valence-electron chi connectivity index (χ3n) is 3.72. The number of likely N-dealkylation sites (N-methyl/N-ethyl adjacent to an activating group) is 1. The first kappa shape index (κ1) is 16.1. The van der Waals surface area contributed by atoms with Crippen molar-refractivity contribution in [2.45, 2.75) is 45.3 Å². The van der Waals surface area contributed by atoms with E-state index in [9.17, 15) is 8.78 Å². The molecule has 1 unspecified atom stereocenters. The molecular weight excluding hydrogens is 248 g/mol. The lowest BCUT2D eigenvalue weighted by molar-refractivity contribution is -0.0718. The van der Waals surface area contributed by atoms with E-state index in [0.29, 0.717) is 12.2 Å². The predicted molar refractivity (Wildman–Crippen MR) is 73.1 cm³/mol. The fourth-order valence-electron chi connectivity index (χ4n) is 2.66. The Morgan fingerprint density at radius 2 is 1.79 bits per heavy atom. The van der Waals surface area contributed by atoms with Gasteiger partial charge >= 0.3 is 0 Å². The number of rotatable bonds is 7. The van der Waals surface area contributed by atoms with Crippen molar-refractivity contribution in [2.75, 3.05) is 13.7 Å². The molecule has 1 aromatic carbocycles. The van der Waals surface area contributed by atoms with Crippen molar-refractivity contribution in [3.63, 3.8) is 0 Å². The van der Waals surface area contributed by atoms with E-state index in [-0.39, 0.29) is 6.04 Å². The van der Waals surface area contributed by atoms with Gasteiger partial charge in [-0.1, -0.05) is 19.9 Å². The Kier molecular flexibility index (Phi) is 5.88. The molecule has 0 aliphatic rings. The van der Waals surface area contributed by atoms with Crippen LogP contribution in [0.4, 0.5) is 8.78 Å². The summed E-state index contributed by atoms with van der Waals surface area (Å²) in [5.41, 5.74) is 0.298. The molecule has 0 radical (unpaired) electrons. The first-order chi connectivity index (χ1) is 9.04. The fraction of sp³-hybridized carbons (Fsp3) is 0.600. The molecule has 0 aliphatic heterocycles. The van der Waals surface area contributed by atoms with Crippen LogP contribution in [0.5, 0.6) is 0 Å². The van der Waals surface area contributed by atoms with Crippen molar-refractivity contribution in [1.29, 1.82) is 0 Å². The first-order valence-electron chi connectivity index (χ1n) is 6.80. The normalized spacial score (nSPS) is 13.6. The second-order valence-electron chi connectivity index (χ2n) is 4.60. The van der Waals surface area contributed by atoms with Crippen molar-refractivity contribution >= 4 is 0 Å². The maximum absolute atomic E-state index is 13.4. The van der Waals surface area contributed by atoms with Gasteiger partial charge in [0.05, 0.1) is 11.6 Å². The molecule has 108 valence electrons. The quantitative estimate of drug-likeness (QED) is 0.814. The van der Waals surface area contributed by atoms with E-state index in [1.165, 1.54) is 6.07 Å². The van der Waals surface area contributed by atoms with Crippen LogP contribution in [0.1, 0.15) is 45.2 Å². The van der Waals surface area contributed by atoms with Gasteiger partial charge in [0.25, 0.3) is 0 Å². The number of hydrogen-bond acceptors (Lipinski definition) is 2. The average molecular weight is 271 g/mol. The lowest BCUT2D eigenvalue weighted by Gasteiger charge is -2.39.